The molecule has 1 atom stereocenters. The molecular weight excluding hydrogens is 365 g/mol. The summed E-state index contributed by atoms with van der Waals surface area (Å²) in [5, 5.41) is 6.83. The number of nitrogens with one attached hydrogen (secondary N) is 2. The van der Waals surface area contributed by atoms with Crippen molar-refractivity contribution in [3.05, 3.63) is 33.8 Å². The molecule has 25 heavy (non-hydrogen) atoms. The summed E-state index contributed by atoms with van der Waals surface area (Å²) in [7, 11) is 1.64. The molecule has 1 aliphatic rings. The Morgan fingerprint density at radius 3 is 2.60 bits per heavy atom. The quantitative estimate of drug-likeness (QED) is 0.668. The third-order valence-corrected chi connectivity index (χ3v) is 4.45. The van der Waals surface area contributed by atoms with Crippen molar-refractivity contribution in [2.75, 3.05) is 39.9 Å². The standard InChI is InChI=1S/C17H23Cl2N3O3/c1-25-8-6-20-4-5-21-16(23)15-3-2-7-22(15)17(24)12-9-13(18)11-14(19)10-12/h9-11,15,20H,2-8H2,1H3,(H,21,23). The van der Waals surface area contributed by atoms with Crippen LogP contribution in [0.2, 0.25) is 10.0 Å². The maximum absolute atomic E-state index is 12.7. The molecule has 1 saturated heterocycles. The lowest BCUT2D eigenvalue weighted by Crippen LogP contribution is -2.47. The van der Waals surface area contributed by atoms with Crippen LogP contribution in [0.3, 0.4) is 0 Å². The van der Waals surface area contributed by atoms with E-state index in [0.29, 0.717) is 48.3 Å². The Morgan fingerprint density at radius 2 is 1.92 bits per heavy atom. The van der Waals surface area contributed by atoms with Crippen molar-refractivity contribution in [2.24, 2.45) is 0 Å². The minimum Gasteiger partial charge on any atom is -0.383 e. The Hall–Kier alpha value is -1.34. The molecule has 1 heterocycles. The van der Waals surface area contributed by atoms with Crippen LogP contribution in [0.15, 0.2) is 18.2 Å². The Labute approximate surface area is 157 Å². The monoisotopic (exact) mass is 387 g/mol. The van der Waals surface area contributed by atoms with Crippen LogP contribution in [0.25, 0.3) is 0 Å². The van der Waals surface area contributed by atoms with Gasteiger partial charge in [0.1, 0.15) is 6.04 Å². The van der Waals surface area contributed by atoms with Crippen LogP contribution in [0, 0.1) is 0 Å². The largest absolute Gasteiger partial charge is 0.383 e. The van der Waals surface area contributed by atoms with Crippen LogP contribution < -0.4 is 10.6 Å². The first-order valence-corrected chi connectivity index (χ1v) is 9.03. The van der Waals surface area contributed by atoms with Crippen LogP contribution in [0.4, 0.5) is 0 Å². The highest BCUT2D eigenvalue weighted by Gasteiger charge is 2.34. The number of halogens is 2. The smallest absolute Gasteiger partial charge is 0.254 e. The van der Waals surface area contributed by atoms with E-state index in [1.54, 1.807) is 30.2 Å². The molecule has 1 unspecified atom stereocenters. The third kappa shape index (κ3) is 5.85. The van der Waals surface area contributed by atoms with E-state index in [9.17, 15) is 9.59 Å². The van der Waals surface area contributed by atoms with E-state index < -0.39 is 6.04 Å². The molecule has 1 fully saturated rings. The van der Waals surface area contributed by atoms with E-state index >= 15 is 0 Å². The average molecular weight is 388 g/mol. The van der Waals surface area contributed by atoms with Crippen LogP contribution >= 0.6 is 23.2 Å². The van der Waals surface area contributed by atoms with Gasteiger partial charge >= 0.3 is 0 Å². The molecule has 2 rings (SSSR count). The lowest BCUT2D eigenvalue weighted by molar-refractivity contribution is -0.124. The number of carbonyl (C=O) groups is 2. The van der Waals surface area contributed by atoms with Crippen molar-refractivity contribution < 1.29 is 14.3 Å². The normalized spacial score (nSPS) is 16.9. The van der Waals surface area contributed by atoms with Gasteiger partial charge in [-0.3, -0.25) is 9.59 Å². The zero-order valence-corrected chi connectivity index (χ0v) is 15.7. The zero-order valence-electron chi connectivity index (χ0n) is 14.2. The van der Waals surface area contributed by atoms with Gasteiger partial charge in [0.25, 0.3) is 5.91 Å². The fourth-order valence-electron chi connectivity index (χ4n) is 2.82. The van der Waals surface area contributed by atoms with E-state index in [0.717, 1.165) is 13.0 Å². The number of carbonyl (C=O) groups excluding carboxylic acids is 2. The van der Waals surface area contributed by atoms with E-state index in [2.05, 4.69) is 10.6 Å². The summed E-state index contributed by atoms with van der Waals surface area (Å²) in [4.78, 5) is 26.7. The van der Waals surface area contributed by atoms with E-state index in [1.165, 1.54) is 0 Å². The number of benzene rings is 1. The predicted molar refractivity (Wildman–Crippen MR) is 98.3 cm³/mol. The number of nitrogens with zero attached hydrogens (tertiary/aromatic N) is 1. The Kier molecular flexibility index (Phi) is 7.96. The number of likely N-dealkylation sites (tertiary alicyclic amines) is 1. The summed E-state index contributed by atoms with van der Waals surface area (Å²) in [6.07, 6.45) is 1.45. The highest BCUT2D eigenvalue weighted by Crippen LogP contribution is 2.24. The summed E-state index contributed by atoms with van der Waals surface area (Å²) in [5.41, 5.74) is 0.401. The summed E-state index contributed by atoms with van der Waals surface area (Å²) in [6, 6.07) is 4.26. The SMILES string of the molecule is COCCNCCNC(=O)C1CCCN1C(=O)c1cc(Cl)cc(Cl)c1. The van der Waals surface area contributed by atoms with Gasteiger partial charge in [0.2, 0.25) is 5.91 Å². The van der Waals surface area contributed by atoms with Crippen molar-refractivity contribution in [1.29, 1.82) is 0 Å². The molecular formula is C17H23Cl2N3O3. The lowest BCUT2D eigenvalue weighted by Gasteiger charge is -2.24. The second kappa shape index (κ2) is 9.97. The molecule has 0 spiro atoms. The molecule has 2 amide bonds. The fraction of sp³-hybridized carbons (Fsp3) is 0.529. The van der Waals surface area contributed by atoms with Crippen molar-refractivity contribution in [2.45, 2.75) is 18.9 Å². The van der Waals surface area contributed by atoms with Crippen LogP contribution in [-0.2, 0) is 9.53 Å². The first-order chi connectivity index (χ1) is 12.0. The van der Waals surface area contributed by atoms with E-state index in [1.807, 2.05) is 0 Å². The van der Waals surface area contributed by atoms with Gasteiger partial charge in [-0.15, -0.1) is 0 Å². The van der Waals surface area contributed by atoms with Crippen molar-refractivity contribution in [1.82, 2.24) is 15.5 Å². The molecule has 1 aromatic carbocycles. The number of rotatable bonds is 8. The molecule has 2 N–H and O–H groups in total. The van der Waals surface area contributed by atoms with Gasteiger partial charge in [0, 0.05) is 48.9 Å². The second-order valence-corrected chi connectivity index (χ2v) is 6.72. The van der Waals surface area contributed by atoms with Gasteiger partial charge < -0.3 is 20.3 Å². The third-order valence-electron chi connectivity index (χ3n) is 4.01. The Balaban J connectivity index is 1.90. The minimum absolute atomic E-state index is 0.132. The van der Waals surface area contributed by atoms with Gasteiger partial charge in [0.15, 0.2) is 0 Å². The van der Waals surface area contributed by atoms with Gasteiger partial charge in [-0.05, 0) is 31.0 Å². The van der Waals surface area contributed by atoms with E-state index in [4.69, 9.17) is 27.9 Å². The molecule has 0 aliphatic carbocycles. The molecule has 0 radical (unpaired) electrons. The van der Waals surface area contributed by atoms with Gasteiger partial charge in [-0.1, -0.05) is 23.2 Å². The number of hydrogen-bond acceptors (Lipinski definition) is 4. The number of ether oxygens (including phenoxy) is 1. The predicted octanol–water partition coefficient (Wildman–Crippen LogP) is 1.95. The minimum atomic E-state index is -0.454. The van der Waals surface area contributed by atoms with Gasteiger partial charge in [-0.25, -0.2) is 0 Å². The fourth-order valence-corrected chi connectivity index (χ4v) is 3.34. The molecule has 8 heteroatoms. The van der Waals surface area contributed by atoms with Crippen LogP contribution in [0.5, 0.6) is 0 Å². The molecule has 0 aromatic heterocycles. The van der Waals surface area contributed by atoms with Gasteiger partial charge in [-0.2, -0.15) is 0 Å². The first kappa shape index (κ1) is 20.0. The Morgan fingerprint density at radius 1 is 1.20 bits per heavy atom. The van der Waals surface area contributed by atoms with Crippen molar-refractivity contribution >= 4 is 35.0 Å². The van der Waals surface area contributed by atoms with Crippen molar-refractivity contribution in [3.63, 3.8) is 0 Å². The summed E-state index contributed by atoms with van der Waals surface area (Å²) in [5.74, 6) is -0.354. The average Bonchev–Trinajstić information content (AvgIpc) is 3.06. The summed E-state index contributed by atoms with van der Waals surface area (Å²) < 4.78 is 4.94. The van der Waals surface area contributed by atoms with Crippen LogP contribution in [-0.4, -0.2) is 62.7 Å². The highest BCUT2D eigenvalue weighted by molar-refractivity contribution is 6.35. The highest BCUT2D eigenvalue weighted by atomic mass is 35.5. The molecule has 0 bridgehead atoms. The lowest BCUT2D eigenvalue weighted by atomic mass is 10.1. The number of amides is 2. The number of hydrogen-bond donors (Lipinski definition) is 2. The maximum Gasteiger partial charge on any atom is 0.254 e. The molecule has 0 saturated carbocycles. The summed E-state index contributed by atoms with van der Waals surface area (Å²) >= 11 is 11.9. The van der Waals surface area contributed by atoms with Crippen molar-refractivity contribution in [3.8, 4) is 0 Å². The van der Waals surface area contributed by atoms with Crippen LogP contribution in [0.1, 0.15) is 23.2 Å². The topological polar surface area (TPSA) is 70.7 Å². The molecule has 138 valence electrons. The van der Waals surface area contributed by atoms with Gasteiger partial charge in [0.05, 0.1) is 6.61 Å². The molecule has 1 aliphatic heterocycles. The molecule has 6 nitrogen and oxygen atoms in total. The maximum atomic E-state index is 12.7. The number of methoxy groups -OCH3 is 1. The second-order valence-electron chi connectivity index (χ2n) is 5.85. The summed E-state index contributed by atoms with van der Waals surface area (Å²) in [6.45, 7) is 3.06. The van der Waals surface area contributed by atoms with E-state index in [-0.39, 0.29) is 11.8 Å². The molecule has 1 aromatic rings. The Bertz CT molecular complexity index is 593. The first-order valence-electron chi connectivity index (χ1n) is 8.27. The zero-order chi connectivity index (χ0) is 18.2.